The smallest absolute Gasteiger partial charge is 0.213 e. The molecular formula is C13H21NO. The lowest BCUT2D eigenvalue weighted by molar-refractivity contribution is 0.208. The molecule has 0 bridgehead atoms. The van der Waals surface area contributed by atoms with Crippen LogP contribution in [-0.4, -0.2) is 11.1 Å². The van der Waals surface area contributed by atoms with Crippen molar-refractivity contribution in [2.24, 2.45) is 0 Å². The second-order valence-corrected chi connectivity index (χ2v) is 4.97. The summed E-state index contributed by atoms with van der Waals surface area (Å²) in [5.41, 5.74) is 1.41. The maximum absolute atomic E-state index is 5.69. The lowest BCUT2D eigenvalue weighted by atomic mass is 9.88. The number of ether oxygens (including phenoxy) is 1. The molecule has 0 aliphatic heterocycles. The van der Waals surface area contributed by atoms with E-state index in [4.69, 9.17) is 4.74 Å². The van der Waals surface area contributed by atoms with Gasteiger partial charge in [0, 0.05) is 12.3 Å². The van der Waals surface area contributed by atoms with Crippen LogP contribution >= 0.6 is 0 Å². The summed E-state index contributed by atoms with van der Waals surface area (Å²) in [6.45, 7) is 10.7. The highest BCUT2D eigenvalue weighted by Crippen LogP contribution is 2.24. The van der Waals surface area contributed by atoms with Gasteiger partial charge in [-0.3, -0.25) is 0 Å². The van der Waals surface area contributed by atoms with E-state index in [1.165, 1.54) is 5.56 Å². The van der Waals surface area contributed by atoms with Gasteiger partial charge in [-0.25, -0.2) is 4.98 Å². The van der Waals surface area contributed by atoms with Crippen LogP contribution in [0.15, 0.2) is 18.3 Å². The Bertz CT molecular complexity index is 315. The molecule has 1 heterocycles. The van der Waals surface area contributed by atoms with Crippen LogP contribution in [-0.2, 0) is 5.41 Å². The van der Waals surface area contributed by atoms with Crippen molar-refractivity contribution in [3.05, 3.63) is 23.9 Å². The van der Waals surface area contributed by atoms with Gasteiger partial charge < -0.3 is 4.74 Å². The second-order valence-electron chi connectivity index (χ2n) is 4.97. The molecule has 0 spiro atoms. The molecule has 2 nitrogen and oxygen atoms in total. The van der Waals surface area contributed by atoms with E-state index in [2.05, 4.69) is 39.6 Å². The average Bonchev–Trinajstić information content (AvgIpc) is 2.17. The number of hydrogen-bond acceptors (Lipinski definition) is 2. The number of hydrogen-bond donors (Lipinski definition) is 0. The average molecular weight is 207 g/mol. The predicted molar refractivity (Wildman–Crippen MR) is 63.3 cm³/mol. The van der Waals surface area contributed by atoms with Gasteiger partial charge in [0.25, 0.3) is 0 Å². The molecular weight excluding hydrogens is 186 g/mol. The second kappa shape index (κ2) is 4.65. The van der Waals surface area contributed by atoms with Crippen molar-refractivity contribution < 1.29 is 4.74 Å². The van der Waals surface area contributed by atoms with Gasteiger partial charge in [-0.2, -0.15) is 0 Å². The summed E-state index contributed by atoms with van der Waals surface area (Å²) in [6, 6.07) is 4.08. The first-order chi connectivity index (χ1) is 6.93. The van der Waals surface area contributed by atoms with Gasteiger partial charge in [0.2, 0.25) is 5.88 Å². The fraction of sp³-hybridized carbons (Fsp3) is 0.615. The molecule has 0 amide bonds. The normalized spacial score (nSPS) is 13.7. The van der Waals surface area contributed by atoms with E-state index < -0.39 is 0 Å². The maximum Gasteiger partial charge on any atom is 0.213 e. The minimum Gasteiger partial charge on any atom is -0.475 e. The quantitative estimate of drug-likeness (QED) is 0.756. The molecule has 15 heavy (non-hydrogen) atoms. The Kier molecular flexibility index (Phi) is 3.72. The third-order valence-corrected chi connectivity index (χ3v) is 2.50. The molecule has 0 aromatic carbocycles. The van der Waals surface area contributed by atoms with Crippen LogP contribution in [0.1, 0.15) is 46.6 Å². The Morgan fingerprint density at radius 3 is 2.60 bits per heavy atom. The Morgan fingerprint density at radius 1 is 1.40 bits per heavy atom. The van der Waals surface area contributed by atoms with Crippen molar-refractivity contribution in [3.63, 3.8) is 0 Å². The Morgan fingerprint density at radius 2 is 2.07 bits per heavy atom. The third-order valence-electron chi connectivity index (χ3n) is 2.50. The monoisotopic (exact) mass is 207 g/mol. The zero-order valence-corrected chi connectivity index (χ0v) is 10.4. The molecule has 0 aliphatic carbocycles. The SMILES string of the molecule is CC[C@H](C)Oc1cc(C(C)(C)C)ccn1. The van der Waals surface area contributed by atoms with E-state index in [1.54, 1.807) is 0 Å². The van der Waals surface area contributed by atoms with Gasteiger partial charge in [-0.05, 0) is 30.4 Å². The summed E-state index contributed by atoms with van der Waals surface area (Å²) in [6.07, 6.45) is 3.05. The van der Waals surface area contributed by atoms with Gasteiger partial charge >= 0.3 is 0 Å². The molecule has 1 aromatic heterocycles. The highest BCUT2D eigenvalue weighted by molar-refractivity contribution is 5.26. The zero-order chi connectivity index (χ0) is 11.5. The Hall–Kier alpha value is -1.05. The van der Waals surface area contributed by atoms with E-state index in [0.717, 1.165) is 12.3 Å². The Balaban J connectivity index is 2.84. The van der Waals surface area contributed by atoms with Gasteiger partial charge in [-0.15, -0.1) is 0 Å². The first kappa shape index (κ1) is 12.0. The minimum atomic E-state index is 0.149. The summed E-state index contributed by atoms with van der Waals surface area (Å²) in [5, 5.41) is 0. The van der Waals surface area contributed by atoms with E-state index in [9.17, 15) is 0 Å². The van der Waals surface area contributed by atoms with Gasteiger partial charge in [-0.1, -0.05) is 27.7 Å². The van der Waals surface area contributed by atoms with Crippen molar-refractivity contribution in [3.8, 4) is 5.88 Å². The Labute approximate surface area is 92.7 Å². The lowest BCUT2D eigenvalue weighted by Crippen LogP contribution is -2.14. The number of rotatable bonds is 3. The fourth-order valence-electron chi connectivity index (χ4n) is 1.23. The van der Waals surface area contributed by atoms with Crippen LogP contribution in [0.5, 0.6) is 5.88 Å². The van der Waals surface area contributed by atoms with Gasteiger partial charge in [0.15, 0.2) is 0 Å². The van der Waals surface area contributed by atoms with Crippen LogP contribution in [0.3, 0.4) is 0 Å². The molecule has 0 saturated carbocycles. The van der Waals surface area contributed by atoms with Crippen LogP contribution < -0.4 is 4.74 Å². The predicted octanol–water partition coefficient (Wildman–Crippen LogP) is 3.56. The van der Waals surface area contributed by atoms with Crippen molar-refractivity contribution in [1.29, 1.82) is 0 Å². The lowest BCUT2D eigenvalue weighted by Gasteiger charge is -2.20. The van der Waals surface area contributed by atoms with E-state index in [1.807, 2.05) is 18.3 Å². The molecule has 1 atom stereocenters. The molecule has 0 aliphatic rings. The van der Waals surface area contributed by atoms with Crippen molar-refractivity contribution in [1.82, 2.24) is 4.98 Å². The summed E-state index contributed by atoms with van der Waals surface area (Å²) in [7, 11) is 0. The molecule has 0 unspecified atom stereocenters. The molecule has 0 saturated heterocycles. The van der Waals surface area contributed by atoms with Crippen molar-refractivity contribution in [2.45, 2.75) is 52.6 Å². The third kappa shape index (κ3) is 3.54. The van der Waals surface area contributed by atoms with E-state index in [-0.39, 0.29) is 11.5 Å². The van der Waals surface area contributed by atoms with Gasteiger partial charge in [0.1, 0.15) is 0 Å². The van der Waals surface area contributed by atoms with Crippen LogP contribution in [0.4, 0.5) is 0 Å². The van der Waals surface area contributed by atoms with E-state index in [0.29, 0.717) is 0 Å². The molecule has 1 rings (SSSR count). The molecule has 1 aromatic rings. The minimum absolute atomic E-state index is 0.149. The van der Waals surface area contributed by atoms with Crippen molar-refractivity contribution in [2.75, 3.05) is 0 Å². The molecule has 0 radical (unpaired) electrons. The standard InChI is InChI=1S/C13H21NO/c1-6-10(2)15-12-9-11(7-8-14-12)13(3,4)5/h7-10H,6H2,1-5H3/t10-/m0/s1. The highest BCUT2D eigenvalue weighted by Gasteiger charge is 2.14. The highest BCUT2D eigenvalue weighted by atomic mass is 16.5. The summed E-state index contributed by atoms with van der Waals surface area (Å²) >= 11 is 0. The first-order valence-electron chi connectivity index (χ1n) is 5.56. The summed E-state index contributed by atoms with van der Waals surface area (Å²) in [4.78, 5) is 4.22. The molecule has 0 fully saturated rings. The number of nitrogens with zero attached hydrogens (tertiary/aromatic N) is 1. The van der Waals surface area contributed by atoms with Crippen LogP contribution in [0.25, 0.3) is 0 Å². The zero-order valence-electron chi connectivity index (χ0n) is 10.4. The molecule has 2 heteroatoms. The molecule has 0 N–H and O–H groups in total. The van der Waals surface area contributed by atoms with Crippen LogP contribution in [0, 0.1) is 0 Å². The summed E-state index contributed by atoms with van der Waals surface area (Å²) in [5.74, 6) is 0.733. The maximum atomic E-state index is 5.69. The van der Waals surface area contributed by atoms with Gasteiger partial charge in [0.05, 0.1) is 6.10 Å². The topological polar surface area (TPSA) is 22.1 Å². The van der Waals surface area contributed by atoms with E-state index >= 15 is 0 Å². The van der Waals surface area contributed by atoms with Crippen molar-refractivity contribution >= 4 is 0 Å². The number of aromatic nitrogens is 1. The summed E-state index contributed by atoms with van der Waals surface area (Å²) < 4.78 is 5.69. The molecule has 84 valence electrons. The fourth-order valence-corrected chi connectivity index (χ4v) is 1.23. The number of pyridine rings is 1. The first-order valence-corrected chi connectivity index (χ1v) is 5.56. The van der Waals surface area contributed by atoms with Crippen LogP contribution in [0.2, 0.25) is 0 Å². The largest absolute Gasteiger partial charge is 0.475 e.